The molecular formula is C22H14Cl2FN3O. The van der Waals surface area contributed by atoms with E-state index in [1.165, 1.54) is 12.1 Å². The molecule has 1 heterocycles. The molecule has 0 unspecified atom stereocenters. The normalized spacial score (nSPS) is 10.7. The first-order valence-corrected chi connectivity index (χ1v) is 9.44. The van der Waals surface area contributed by atoms with Crippen LogP contribution in [0.3, 0.4) is 0 Å². The molecule has 0 bridgehead atoms. The molecule has 1 N–H and O–H groups in total. The van der Waals surface area contributed by atoms with Crippen molar-refractivity contribution in [3.8, 4) is 17.1 Å². The topological polar surface area (TPSA) is 46.9 Å². The van der Waals surface area contributed by atoms with Crippen molar-refractivity contribution in [1.29, 1.82) is 0 Å². The van der Waals surface area contributed by atoms with Crippen LogP contribution in [-0.4, -0.2) is 15.5 Å². The maximum absolute atomic E-state index is 13.4. The largest absolute Gasteiger partial charge is 0.321 e. The Kier molecular flexibility index (Phi) is 5.34. The zero-order valence-electron chi connectivity index (χ0n) is 14.9. The summed E-state index contributed by atoms with van der Waals surface area (Å²) in [6.07, 6.45) is 1.59. The lowest BCUT2D eigenvalue weighted by Gasteiger charge is -2.09. The molecule has 0 aliphatic rings. The Hall–Kier alpha value is -3.15. The molecule has 0 radical (unpaired) electrons. The van der Waals surface area contributed by atoms with Crippen LogP contribution in [0.5, 0.6) is 0 Å². The van der Waals surface area contributed by atoms with E-state index in [4.69, 9.17) is 23.2 Å². The number of benzene rings is 3. The van der Waals surface area contributed by atoms with Gasteiger partial charge in [-0.2, -0.15) is 0 Å². The van der Waals surface area contributed by atoms with Gasteiger partial charge in [0.2, 0.25) is 0 Å². The minimum Gasteiger partial charge on any atom is -0.321 e. The standard InChI is InChI=1S/C22H14Cl2FN3O/c23-14-6-11-18(19(24)12-14)21-27-20(22(29)26-16-4-2-1-3-5-16)13-28(21)17-9-7-15(25)8-10-17/h1-13H,(H,26,29). The molecule has 0 spiro atoms. The van der Waals surface area contributed by atoms with Gasteiger partial charge in [0.1, 0.15) is 17.3 Å². The van der Waals surface area contributed by atoms with Gasteiger partial charge in [-0.1, -0.05) is 41.4 Å². The molecular weight excluding hydrogens is 412 g/mol. The smallest absolute Gasteiger partial charge is 0.275 e. The SMILES string of the molecule is O=C(Nc1ccccc1)c1cn(-c2ccc(F)cc2)c(-c2ccc(Cl)cc2Cl)n1. The molecule has 29 heavy (non-hydrogen) atoms. The van der Waals surface area contributed by atoms with E-state index in [9.17, 15) is 9.18 Å². The quantitative estimate of drug-likeness (QED) is 0.420. The van der Waals surface area contributed by atoms with E-state index in [1.54, 1.807) is 53.2 Å². The van der Waals surface area contributed by atoms with Crippen LogP contribution in [-0.2, 0) is 0 Å². The molecule has 1 amide bonds. The van der Waals surface area contributed by atoms with Gasteiger partial charge < -0.3 is 5.32 Å². The van der Waals surface area contributed by atoms with E-state index in [2.05, 4.69) is 10.3 Å². The zero-order valence-corrected chi connectivity index (χ0v) is 16.5. The molecule has 1 aromatic heterocycles. The molecule has 144 valence electrons. The lowest BCUT2D eigenvalue weighted by atomic mass is 10.2. The van der Waals surface area contributed by atoms with Gasteiger partial charge in [-0.15, -0.1) is 0 Å². The van der Waals surface area contributed by atoms with Crippen molar-refractivity contribution in [3.63, 3.8) is 0 Å². The third kappa shape index (κ3) is 4.16. The van der Waals surface area contributed by atoms with Gasteiger partial charge >= 0.3 is 0 Å². The van der Waals surface area contributed by atoms with Crippen LogP contribution < -0.4 is 5.32 Å². The van der Waals surface area contributed by atoms with Crippen molar-refractivity contribution in [2.45, 2.75) is 0 Å². The highest BCUT2D eigenvalue weighted by Gasteiger charge is 2.19. The average Bonchev–Trinajstić information content (AvgIpc) is 3.14. The summed E-state index contributed by atoms with van der Waals surface area (Å²) < 4.78 is 15.1. The third-order valence-corrected chi connectivity index (χ3v) is 4.79. The minimum atomic E-state index is -0.372. The van der Waals surface area contributed by atoms with Gasteiger partial charge in [0.15, 0.2) is 0 Å². The number of anilines is 1. The lowest BCUT2D eigenvalue weighted by Crippen LogP contribution is -2.12. The van der Waals surface area contributed by atoms with Gasteiger partial charge in [0, 0.05) is 28.2 Å². The summed E-state index contributed by atoms with van der Waals surface area (Å²) in [6, 6.07) is 20.0. The summed E-state index contributed by atoms with van der Waals surface area (Å²) in [6.45, 7) is 0. The van der Waals surface area contributed by atoms with Crippen LogP contribution >= 0.6 is 23.2 Å². The number of halogens is 3. The van der Waals surface area contributed by atoms with Crippen LogP contribution in [0.2, 0.25) is 10.0 Å². The first-order valence-electron chi connectivity index (χ1n) is 8.68. The monoisotopic (exact) mass is 425 g/mol. The van der Waals surface area contributed by atoms with Crippen molar-refractivity contribution in [2.75, 3.05) is 5.32 Å². The number of aromatic nitrogens is 2. The third-order valence-electron chi connectivity index (χ3n) is 4.25. The molecule has 4 aromatic rings. The second-order valence-corrected chi connectivity index (χ2v) is 7.08. The van der Waals surface area contributed by atoms with E-state index in [1.807, 2.05) is 18.2 Å². The molecule has 0 aliphatic carbocycles. The zero-order chi connectivity index (χ0) is 20.4. The predicted octanol–water partition coefficient (Wildman–Crippen LogP) is 6.24. The van der Waals surface area contributed by atoms with Crippen molar-refractivity contribution < 1.29 is 9.18 Å². The first-order chi connectivity index (χ1) is 14.0. The Morgan fingerprint density at radius 3 is 2.38 bits per heavy atom. The Morgan fingerprint density at radius 1 is 0.966 bits per heavy atom. The fraction of sp³-hybridized carbons (Fsp3) is 0. The maximum Gasteiger partial charge on any atom is 0.275 e. The summed E-state index contributed by atoms with van der Waals surface area (Å²) in [7, 11) is 0. The number of hydrogen-bond acceptors (Lipinski definition) is 2. The van der Waals surface area contributed by atoms with Crippen LogP contribution in [0.1, 0.15) is 10.5 Å². The van der Waals surface area contributed by atoms with E-state index >= 15 is 0 Å². The van der Waals surface area contributed by atoms with E-state index in [0.717, 1.165) is 0 Å². The first kappa shape index (κ1) is 19.2. The number of rotatable bonds is 4. The summed E-state index contributed by atoms with van der Waals surface area (Å²) in [5, 5.41) is 3.68. The Bertz CT molecular complexity index is 1170. The molecule has 7 heteroatoms. The van der Waals surface area contributed by atoms with E-state index < -0.39 is 0 Å². The summed E-state index contributed by atoms with van der Waals surface area (Å²) in [5.41, 5.74) is 2.08. The number of para-hydroxylation sites is 1. The highest BCUT2D eigenvalue weighted by atomic mass is 35.5. The average molecular weight is 426 g/mol. The molecule has 0 fully saturated rings. The summed E-state index contributed by atoms with van der Waals surface area (Å²) in [5.74, 6) is -0.290. The maximum atomic E-state index is 13.4. The molecule has 0 saturated heterocycles. The summed E-state index contributed by atoms with van der Waals surface area (Å²) >= 11 is 12.4. The van der Waals surface area contributed by atoms with Crippen molar-refractivity contribution in [3.05, 3.63) is 101 Å². The highest BCUT2D eigenvalue weighted by molar-refractivity contribution is 6.36. The molecule has 0 aliphatic heterocycles. The van der Waals surface area contributed by atoms with Gasteiger partial charge in [0.25, 0.3) is 5.91 Å². The minimum absolute atomic E-state index is 0.194. The van der Waals surface area contributed by atoms with Gasteiger partial charge in [0.05, 0.1) is 5.02 Å². The highest BCUT2D eigenvalue weighted by Crippen LogP contribution is 2.31. The number of nitrogens with zero attached hydrogens (tertiary/aromatic N) is 2. The molecule has 3 aromatic carbocycles. The van der Waals surface area contributed by atoms with Crippen molar-refractivity contribution in [2.24, 2.45) is 0 Å². The predicted molar refractivity (Wildman–Crippen MR) is 113 cm³/mol. The Balaban J connectivity index is 1.80. The van der Waals surface area contributed by atoms with Crippen LogP contribution in [0, 0.1) is 5.82 Å². The fourth-order valence-corrected chi connectivity index (χ4v) is 3.36. The Morgan fingerprint density at radius 2 is 1.69 bits per heavy atom. The van der Waals surface area contributed by atoms with Gasteiger partial charge in [-0.05, 0) is 54.6 Å². The number of imidazole rings is 1. The van der Waals surface area contributed by atoms with E-state index in [-0.39, 0.29) is 17.4 Å². The van der Waals surface area contributed by atoms with Gasteiger partial charge in [-0.3, -0.25) is 9.36 Å². The van der Waals surface area contributed by atoms with Crippen LogP contribution in [0.15, 0.2) is 79.0 Å². The number of nitrogens with one attached hydrogen (secondary N) is 1. The van der Waals surface area contributed by atoms with Crippen molar-refractivity contribution >= 4 is 34.8 Å². The lowest BCUT2D eigenvalue weighted by molar-refractivity contribution is 0.102. The van der Waals surface area contributed by atoms with Crippen LogP contribution in [0.25, 0.3) is 17.1 Å². The second-order valence-electron chi connectivity index (χ2n) is 6.24. The van der Waals surface area contributed by atoms with Crippen LogP contribution in [0.4, 0.5) is 10.1 Å². The fourth-order valence-electron chi connectivity index (χ4n) is 2.87. The van der Waals surface area contributed by atoms with E-state index in [0.29, 0.717) is 32.8 Å². The molecule has 4 nitrogen and oxygen atoms in total. The number of hydrogen-bond donors (Lipinski definition) is 1. The molecule has 4 rings (SSSR count). The number of amides is 1. The van der Waals surface area contributed by atoms with Crippen molar-refractivity contribution in [1.82, 2.24) is 9.55 Å². The Labute approximate surface area is 176 Å². The molecule has 0 atom stereocenters. The number of carbonyl (C=O) groups is 1. The second kappa shape index (κ2) is 8.07. The summed E-state index contributed by atoms with van der Waals surface area (Å²) in [4.78, 5) is 17.2. The number of carbonyl (C=O) groups excluding carboxylic acids is 1. The molecule has 0 saturated carbocycles. The van der Waals surface area contributed by atoms with Gasteiger partial charge in [-0.25, -0.2) is 9.37 Å².